The van der Waals surface area contributed by atoms with Crippen LogP contribution in [0.2, 0.25) is 0 Å². The number of rotatable bonds is 6. The first-order chi connectivity index (χ1) is 5.87. The number of methoxy groups -OCH3 is 1. The summed E-state index contributed by atoms with van der Waals surface area (Å²) in [4.78, 5) is -3.58. The molecule has 1 unspecified atom stereocenters. The van der Waals surface area contributed by atoms with Crippen LogP contribution in [0.5, 0.6) is 0 Å². The van der Waals surface area contributed by atoms with Gasteiger partial charge in [0.2, 0.25) is 5.67 Å². The number of nitrogens with two attached hydrogens (primary N) is 1. The van der Waals surface area contributed by atoms with Crippen LogP contribution >= 0.6 is 15.9 Å². The van der Waals surface area contributed by atoms with E-state index in [2.05, 4.69) is 4.74 Å². The lowest BCUT2D eigenvalue weighted by Crippen LogP contribution is -2.44. The fourth-order valence-corrected chi connectivity index (χ4v) is 1.22. The van der Waals surface area contributed by atoms with E-state index in [1.54, 1.807) is 0 Å². The van der Waals surface area contributed by atoms with E-state index in [1.807, 2.05) is 15.9 Å². The van der Waals surface area contributed by atoms with Gasteiger partial charge in [0.25, 0.3) is 0 Å². The van der Waals surface area contributed by atoms with E-state index in [-0.39, 0.29) is 19.4 Å². The van der Waals surface area contributed by atoms with Gasteiger partial charge in [-0.3, -0.25) is 0 Å². The Morgan fingerprint density at radius 1 is 1.38 bits per heavy atom. The Hall–Kier alpha value is 0.190. The van der Waals surface area contributed by atoms with Crippen LogP contribution in [-0.4, -0.2) is 30.8 Å². The van der Waals surface area contributed by atoms with E-state index in [0.29, 0.717) is 0 Å². The van der Waals surface area contributed by atoms with Crippen molar-refractivity contribution in [2.75, 3.05) is 20.3 Å². The lowest BCUT2D eigenvalue weighted by atomic mass is 10.0. The Bertz CT molecular complexity index is 153. The number of ether oxygens (including phenoxy) is 1. The normalized spacial score (nSPS) is 17.1. The lowest BCUT2D eigenvalue weighted by molar-refractivity contribution is -0.100. The average molecular weight is 264 g/mol. The molecule has 0 aromatic carbocycles. The molecule has 0 aromatic rings. The van der Waals surface area contributed by atoms with Crippen LogP contribution < -0.4 is 5.73 Å². The Labute approximate surface area is 83.7 Å². The molecular weight excluding hydrogens is 251 g/mol. The molecule has 0 aliphatic heterocycles. The first kappa shape index (κ1) is 13.2. The first-order valence-corrected chi connectivity index (χ1v) is 4.61. The van der Waals surface area contributed by atoms with Gasteiger partial charge in [-0.1, -0.05) is 0 Å². The van der Waals surface area contributed by atoms with Gasteiger partial charge in [-0.25, -0.2) is 4.39 Å². The van der Waals surface area contributed by atoms with E-state index in [9.17, 15) is 13.2 Å². The number of alkyl halides is 4. The molecule has 0 radical (unpaired) electrons. The molecule has 2 N–H and O–H groups in total. The molecule has 0 amide bonds. The van der Waals surface area contributed by atoms with Crippen molar-refractivity contribution in [2.24, 2.45) is 5.73 Å². The predicted octanol–water partition coefficient (Wildman–Crippen LogP) is 2.07. The summed E-state index contributed by atoms with van der Waals surface area (Å²) >= 11 is 2.00. The van der Waals surface area contributed by atoms with Crippen LogP contribution in [0.3, 0.4) is 0 Å². The maximum atomic E-state index is 13.5. The Kier molecular flexibility index (Phi) is 5.24. The Morgan fingerprint density at radius 3 is 2.23 bits per heavy atom. The van der Waals surface area contributed by atoms with E-state index in [4.69, 9.17) is 5.73 Å². The van der Waals surface area contributed by atoms with Crippen molar-refractivity contribution in [2.45, 2.75) is 23.3 Å². The summed E-state index contributed by atoms with van der Waals surface area (Å²) in [5.74, 6) is 0. The van der Waals surface area contributed by atoms with Crippen molar-refractivity contribution in [3.05, 3.63) is 0 Å². The van der Waals surface area contributed by atoms with Gasteiger partial charge >= 0.3 is 4.83 Å². The van der Waals surface area contributed by atoms with Crippen LogP contribution in [0, 0.1) is 0 Å². The highest BCUT2D eigenvalue weighted by atomic mass is 79.9. The van der Waals surface area contributed by atoms with Gasteiger partial charge in [0.1, 0.15) is 0 Å². The molecule has 0 spiro atoms. The fourth-order valence-electron chi connectivity index (χ4n) is 0.907. The van der Waals surface area contributed by atoms with Gasteiger partial charge in [0, 0.05) is 7.11 Å². The third kappa shape index (κ3) is 3.83. The standard InChI is InChI=1S/C7H13BrF3NO/c1-13-5-6(9,3-2-4-12)7(8,10)11/h2-5,12H2,1H3. The van der Waals surface area contributed by atoms with Crippen LogP contribution in [-0.2, 0) is 4.74 Å². The largest absolute Gasteiger partial charge is 0.381 e. The van der Waals surface area contributed by atoms with Crippen molar-refractivity contribution in [1.82, 2.24) is 0 Å². The molecule has 0 aromatic heterocycles. The number of hydrogen-bond acceptors (Lipinski definition) is 2. The van der Waals surface area contributed by atoms with E-state index < -0.39 is 17.1 Å². The quantitative estimate of drug-likeness (QED) is 0.745. The monoisotopic (exact) mass is 263 g/mol. The van der Waals surface area contributed by atoms with Crippen LogP contribution in [0.15, 0.2) is 0 Å². The molecule has 0 aliphatic rings. The maximum Gasteiger partial charge on any atom is 0.336 e. The second-order valence-corrected chi connectivity index (χ2v) is 3.78. The molecule has 0 saturated carbocycles. The summed E-state index contributed by atoms with van der Waals surface area (Å²) < 4.78 is 43.3. The van der Waals surface area contributed by atoms with Gasteiger partial charge in [-0.15, -0.1) is 0 Å². The smallest absolute Gasteiger partial charge is 0.336 e. The highest BCUT2D eigenvalue weighted by Gasteiger charge is 2.52. The molecule has 1 atom stereocenters. The maximum absolute atomic E-state index is 13.5. The molecule has 0 aliphatic carbocycles. The van der Waals surface area contributed by atoms with Crippen LogP contribution in [0.25, 0.3) is 0 Å². The van der Waals surface area contributed by atoms with Gasteiger partial charge < -0.3 is 10.5 Å². The van der Waals surface area contributed by atoms with Crippen molar-refractivity contribution < 1.29 is 17.9 Å². The van der Waals surface area contributed by atoms with Crippen LogP contribution in [0.4, 0.5) is 13.2 Å². The average Bonchev–Trinajstić information content (AvgIpc) is 1.99. The molecule has 13 heavy (non-hydrogen) atoms. The Balaban J connectivity index is 4.34. The zero-order valence-corrected chi connectivity index (χ0v) is 8.91. The third-order valence-corrected chi connectivity index (χ3v) is 2.37. The topological polar surface area (TPSA) is 35.2 Å². The van der Waals surface area contributed by atoms with Crippen molar-refractivity contribution in [3.63, 3.8) is 0 Å². The van der Waals surface area contributed by atoms with E-state index >= 15 is 0 Å². The van der Waals surface area contributed by atoms with E-state index in [1.165, 1.54) is 7.11 Å². The second-order valence-electron chi connectivity index (χ2n) is 2.79. The van der Waals surface area contributed by atoms with Gasteiger partial charge in [-0.2, -0.15) is 8.78 Å². The molecule has 0 heterocycles. The number of hydrogen-bond donors (Lipinski definition) is 1. The van der Waals surface area contributed by atoms with Gasteiger partial charge in [0.15, 0.2) is 0 Å². The summed E-state index contributed by atoms with van der Waals surface area (Å²) in [6.45, 7) is -0.469. The van der Waals surface area contributed by atoms with Crippen molar-refractivity contribution >= 4 is 15.9 Å². The second kappa shape index (κ2) is 5.17. The minimum atomic E-state index is -3.58. The molecule has 0 bridgehead atoms. The van der Waals surface area contributed by atoms with Crippen LogP contribution in [0.1, 0.15) is 12.8 Å². The highest BCUT2D eigenvalue weighted by Crippen LogP contribution is 2.41. The summed E-state index contributed by atoms with van der Waals surface area (Å²) in [6, 6.07) is 0. The SMILES string of the molecule is COCC(F)(CCCN)C(F)(F)Br. The zero-order chi connectivity index (χ0) is 10.5. The molecule has 2 nitrogen and oxygen atoms in total. The summed E-state index contributed by atoms with van der Waals surface area (Å²) in [7, 11) is 1.18. The zero-order valence-electron chi connectivity index (χ0n) is 7.33. The lowest BCUT2D eigenvalue weighted by Gasteiger charge is -2.28. The summed E-state index contributed by atoms with van der Waals surface area (Å²) in [5.41, 5.74) is 2.43. The van der Waals surface area contributed by atoms with Gasteiger partial charge in [0.05, 0.1) is 6.61 Å². The Morgan fingerprint density at radius 2 is 1.92 bits per heavy atom. The molecular formula is C7H13BrF3NO. The summed E-state index contributed by atoms with van der Waals surface area (Å²) in [6.07, 6.45) is -0.128. The molecule has 6 heteroatoms. The molecule has 0 fully saturated rings. The van der Waals surface area contributed by atoms with Gasteiger partial charge in [-0.05, 0) is 35.3 Å². The van der Waals surface area contributed by atoms with E-state index in [0.717, 1.165) is 0 Å². The molecule has 80 valence electrons. The molecule has 0 saturated heterocycles. The summed E-state index contributed by atoms with van der Waals surface area (Å²) in [5, 5.41) is 0. The minimum Gasteiger partial charge on any atom is -0.381 e. The molecule has 0 rings (SSSR count). The predicted molar refractivity (Wildman–Crippen MR) is 47.9 cm³/mol. The highest BCUT2D eigenvalue weighted by molar-refractivity contribution is 9.10. The minimum absolute atomic E-state index is 0.179. The van der Waals surface area contributed by atoms with Crippen molar-refractivity contribution in [3.8, 4) is 0 Å². The third-order valence-electron chi connectivity index (χ3n) is 1.66. The fraction of sp³-hybridized carbons (Fsp3) is 1.00. The van der Waals surface area contributed by atoms with Crippen molar-refractivity contribution in [1.29, 1.82) is 0 Å². The first-order valence-electron chi connectivity index (χ1n) is 3.82. The number of halogens is 4.